The Labute approximate surface area is 169 Å². The lowest BCUT2D eigenvalue weighted by molar-refractivity contribution is -0.150. The van der Waals surface area contributed by atoms with Gasteiger partial charge in [-0.25, -0.2) is 4.39 Å². The van der Waals surface area contributed by atoms with Gasteiger partial charge in [-0.2, -0.15) is 0 Å². The van der Waals surface area contributed by atoms with Crippen LogP contribution in [-0.2, 0) is 27.5 Å². The normalized spacial score (nSPS) is 18.3. The smallest absolute Gasteiger partial charge is 0.286 e. The summed E-state index contributed by atoms with van der Waals surface area (Å²) in [7, 11) is 0. The molecule has 0 unspecified atom stereocenters. The molecule has 0 saturated heterocycles. The SMILES string of the molecule is C#CCNC(=O)C1=C[C@@H](c2ccc(F)cc2)C[C@@H](OCc2ccc(CO)cc2)O1. The van der Waals surface area contributed by atoms with Gasteiger partial charge < -0.3 is 19.9 Å². The third kappa shape index (κ3) is 5.67. The van der Waals surface area contributed by atoms with E-state index >= 15 is 0 Å². The number of halogens is 1. The van der Waals surface area contributed by atoms with Gasteiger partial charge in [0.2, 0.25) is 6.29 Å². The number of hydrogen-bond acceptors (Lipinski definition) is 4. The summed E-state index contributed by atoms with van der Waals surface area (Å²) in [6.45, 7) is 0.350. The number of carbonyl (C=O) groups excluding carboxylic acids is 1. The second kappa shape index (κ2) is 9.87. The molecule has 0 aromatic heterocycles. The molecule has 0 aliphatic carbocycles. The first-order valence-corrected chi connectivity index (χ1v) is 9.25. The quantitative estimate of drug-likeness (QED) is 0.708. The van der Waals surface area contributed by atoms with E-state index in [1.165, 1.54) is 12.1 Å². The molecule has 2 N–H and O–H groups in total. The van der Waals surface area contributed by atoms with Crippen LogP contribution in [-0.4, -0.2) is 23.8 Å². The number of allylic oxidation sites excluding steroid dienone is 1. The van der Waals surface area contributed by atoms with Crippen LogP contribution in [0, 0.1) is 18.2 Å². The number of rotatable bonds is 7. The fourth-order valence-electron chi connectivity index (χ4n) is 3.01. The molecule has 0 fully saturated rings. The van der Waals surface area contributed by atoms with Crippen molar-refractivity contribution >= 4 is 5.91 Å². The lowest BCUT2D eigenvalue weighted by Gasteiger charge is -2.29. The molecule has 29 heavy (non-hydrogen) atoms. The number of ether oxygens (including phenoxy) is 2. The van der Waals surface area contributed by atoms with E-state index in [1.54, 1.807) is 18.2 Å². The minimum Gasteiger partial charge on any atom is -0.459 e. The van der Waals surface area contributed by atoms with Crippen molar-refractivity contribution < 1.29 is 23.8 Å². The molecule has 150 valence electrons. The molecule has 2 atom stereocenters. The molecule has 2 aromatic rings. The Morgan fingerprint density at radius 1 is 1.21 bits per heavy atom. The molecule has 3 rings (SSSR count). The van der Waals surface area contributed by atoms with Crippen molar-refractivity contribution in [2.24, 2.45) is 0 Å². The van der Waals surface area contributed by atoms with Crippen molar-refractivity contribution in [3.63, 3.8) is 0 Å². The molecule has 1 heterocycles. The largest absolute Gasteiger partial charge is 0.459 e. The Balaban J connectivity index is 1.73. The highest BCUT2D eigenvalue weighted by Crippen LogP contribution is 2.32. The highest BCUT2D eigenvalue weighted by atomic mass is 19.1. The number of amides is 1. The first-order valence-electron chi connectivity index (χ1n) is 9.25. The molecule has 0 bridgehead atoms. The maximum atomic E-state index is 13.3. The van der Waals surface area contributed by atoms with Gasteiger partial charge in [-0.3, -0.25) is 4.79 Å². The zero-order valence-electron chi connectivity index (χ0n) is 15.8. The molecule has 6 heteroatoms. The van der Waals surface area contributed by atoms with E-state index in [4.69, 9.17) is 21.0 Å². The predicted molar refractivity (Wildman–Crippen MR) is 106 cm³/mol. The molecule has 5 nitrogen and oxygen atoms in total. The molecule has 1 aliphatic heterocycles. The van der Waals surface area contributed by atoms with Gasteiger partial charge in [-0.1, -0.05) is 42.3 Å². The number of aliphatic hydroxyl groups excluding tert-OH is 1. The van der Waals surface area contributed by atoms with Gasteiger partial charge >= 0.3 is 0 Å². The van der Waals surface area contributed by atoms with E-state index in [1.807, 2.05) is 24.3 Å². The Bertz CT molecular complexity index is 900. The van der Waals surface area contributed by atoms with Crippen LogP contribution in [0.4, 0.5) is 4.39 Å². The Kier molecular flexibility index (Phi) is 7.01. The molecule has 1 amide bonds. The van der Waals surface area contributed by atoms with E-state index in [-0.39, 0.29) is 37.3 Å². The third-order valence-corrected chi connectivity index (χ3v) is 4.57. The van der Waals surface area contributed by atoms with E-state index in [0.29, 0.717) is 6.42 Å². The van der Waals surface area contributed by atoms with Crippen LogP contribution in [0.1, 0.15) is 29.0 Å². The fraction of sp³-hybridized carbons (Fsp3) is 0.261. The zero-order valence-corrected chi connectivity index (χ0v) is 15.8. The monoisotopic (exact) mass is 395 g/mol. The number of aliphatic hydroxyl groups is 1. The van der Waals surface area contributed by atoms with Crippen LogP contribution >= 0.6 is 0 Å². The van der Waals surface area contributed by atoms with Crippen LogP contribution in [0.2, 0.25) is 0 Å². The second-order valence-corrected chi connectivity index (χ2v) is 6.64. The van der Waals surface area contributed by atoms with Crippen molar-refractivity contribution in [1.29, 1.82) is 0 Å². The van der Waals surface area contributed by atoms with E-state index in [2.05, 4.69) is 11.2 Å². The van der Waals surface area contributed by atoms with Crippen LogP contribution in [0.25, 0.3) is 0 Å². The van der Waals surface area contributed by atoms with Crippen LogP contribution < -0.4 is 5.32 Å². The Morgan fingerprint density at radius 3 is 2.55 bits per heavy atom. The molecule has 0 saturated carbocycles. The van der Waals surface area contributed by atoms with Crippen molar-refractivity contribution in [2.75, 3.05) is 6.54 Å². The highest BCUT2D eigenvalue weighted by molar-refractivity contribution is 5.91. The van der Waals surface area contributed by atoms with Gasteiger partial charge in [0.15, 0.2) is 5.76 Å². The van der Waals surface area contributed by atoms with Crippen LogP contribution in [0.5, 0.6) is 0 Å². The van der Waals surface area contributed by atoms with Gasteiger partial charge in [-0.15, -0.1) is 6.42 Å². The maximum absolute atomic E-state index is 13.3. The van der Waals surface area contributed by atoms with Crippen molar-refractivity contribution in [2.45, 2.75) is 31.8 Å². The minimum absolute atomic E-state index is 0.0207. The lowest BCUT2D eigenvalue weighted by Crippen LogP contribution is -2.33. The fourth-order valence-corrected chi connectivity index (χ4v) is 3.01. The van der Waals surface area contributed by atoms with E-state index in [0.717, 1.165) is 16.7 Å². The average Bonchev–Trinajstić information content (AvgIpc) is 2.76. The average molecular weight is 395 g/mol. The molecule has 0 radical (unpaired) electrons. The standard InChI is InChI=1S/C23H22FNO4/c1-2-11-25-23(27)21-12-19(18-7-9-20(24)10-8-18)13-22(29-21)28-15-17-5-3-16(14-26)4-6-17/h1,3-10,12,19,22,26H,11,13-15H2,(H,25,27)/t19-,22+/m1/s1. The van der Waals surface area contributed by atoms with Crippen LogP contribution in [0.3, 0.4) is 0 Å². The van der Waals surface area contributed by atoms with E-state index in [9.17, 15) is 9.18 Å². The zero-order chi connectivity index (χ0) is 20.6. The Hall–Kier alpha value is -3.14. The maximum Gasteiger partial charge on any atom is 0.286 e. The van der Waals surface area contributed by atoms with Crippen molar-refractivity contribution in [1.82, 2.24) is 5.32 Å². The molecular formula is C23H22FNO4. The number of nitrogens with one attached hydrogen (secondary N) is 1. The third-order valence-electron chi connectivity index (χ3n) is 4.57. The van der Waals surface area contributed by atoms with Crippen molar-refractivity contribution in [3.8, 4) is 12.3 Å². The topological polar surface area (TPSA) is 67.8 Å². The van der Waals surface area contributed by atoms with Gasteiger partial charge in [0, 0.05) is 12.3 Å². The Morgan fingerprint density at radius 2 is 1.90 bits per heavy atom. The summed E-state index contributed by atoms with van der Waals surface area (Å²) < 4.78 is 24.9. The second-order valence-electron chi connectivity index (χ2n) is 6.64. The van der Waals surface area contributed by atoms with Crippen LogP contribution in [0.15, 0.2) is 60.4 Å². The summed E-state index contributed by atoms with van der Waals surface area (Å²) in [6.07, 6.45) is 6.73. The molecule has 0 spiro atoms. The van der Waals surface area contributed by atoms with Crippen molar-refractivity contribution in [3.05, 3.63) is 82.9 Å². The van der Waals surface area contributed by atoms with Gasteiger partial charge in [0.1, 0.15) is 5.82 Å². The summed E-state index contributed by atoms with van der Waals surface area (Å²) in [4.78, 5) is 12.3. The number of hydrogen-bond donors (Lipinski definition) is 2. The number of carbonyl (C=O) groups is 1. The summed E-state index contributed by atoms with van der Waals surface area (Å²) in [5.74, 6) is 1.56. The first kappa shape index (κ1) is 20.6. The summed E-state index contributed by atoms with van der Waals surface area (Å²) in [5.41, 5.74) is 2.59. The summed E-state index contributed by atoms with van der Waals surface area (Å²) in [6, 6.07) is 13.5. The molecule has 1 aliphatic rings. The predicted octanol–water partition coefficient (Wildman–Crippen LogP) is 3.00. The molecular weight excluding hydrogens is 373 g/mol. The van der Waals surface area contributed by atoms with E-state index < -0.39 is 12.2 Å². The van der Waals surface area contributed by atoms with Gasteiger partial charge in [-0.05, 0) is 34.9 Å². The molecule has 2 aromatic carbocycles. The summed E-state index contributed by atoms with van der Waals surface area (Å²) >= 11 is 0. The number of terminal acetylenes is 1. The highest BCUT2D eigenvalue weighted by Gasteiger charge is 2.28. The van der Waals surface area contributed by atoms with Gasteiger partial charge in [0.25, 0.3) is 5.91 Å². The minimum atomic E-state index is -0.654. The van der Waals surface area contributed by atoms with Gasteiger partial charge in [0.05, 0.1) is 19.8 Å². The lowest BCUT2D eigenvalue weighted by atomic mass is 9.93. The number of benzene rings is 2. The first-order chi connectivity index (χ1) is 14.1. The summed E-state index contributed by atoms with van der Waals surface area (Å²) in [5, 5.41) is 11.7.